The number of nitrogens with zero attached hydrogens (tertiary/aromatic N) is 1. The van der Waals surface area contributed by atoms with Gasteiger partial charge in [0.2, 0.25) is 11.8 Å². The Morgan fingerprint density at radius 3 is 2.17 bits per heavy atom. The Hall–Kier alpha value is -3.55. The van der Waals surface area contributed by atoms with Crippen LogP contribution in [0.3, 0.4) is 0 Å². The molecule has 0 bridgehead atoms. The van der Waals surface area contributed by atoms with Crippen LogP contribution >= 0.6 is 0 Å². The highest BCUT2D eigenvalue weighted by molar-refractivity contribution is 6.12. The van der Waals surface area contributed by atoms with Crippen LogP contribution in [0, 0.1) is 17.6 Å². The topological polar surface area (TPSA) is 75.7 Å². The molecule has 0 aromatic heterocycles. The summed E-state index contributed by atoms with van der Waals surface area (Å²) in [4.78, 5) is 39.4. The smallest absolute Gasteiger partial charge is 0.336 e. The van der Waals surface area contributed by atoms with Crippen molar-refractivity contribution in [2.75, 3.05) is 16.8 Å². The van der Waals surface area contributed by atoms with E-state index in [1.54, 1.807) is 13.8 Å². The monoisotopic (exact) mass is 414 g/mol. The van der Waals surface area contributed by atoms with Crippen molar-refractivity contribution in [1.29, 1.82) is 0 Å². The third-order valence-electron chi connectivity index (χ3n) is 4.69. The Balaban J connectivity index is 1.88. The van der Waals surface area contributed by atoms with E-state index in [1.807, 2.05) is 0 Å². The summed E-state index contributed by atoms with van der Waals surface area (Å²) in [6.07, 6.45) is -0.306. The van der Waals surface area contributed by atoms with Gasteiger partial charge in [-0.3, -0.25) is 14.5 Å². The van der Waals surface area contributed by atoms with E-state index in [9.17, 15) is 23.2 Å². The van der Waals surface area contributed by atoms with E-state index in [-0.39, 0.29) is 18.6 Å². The number of hydrogen-bond acceptors (Lipinski definition) is 4. The maximum atomic E-state index is 13.3. The molecule has 1 heterocycles. The minimum atomic E-state index is -1.06. The van der Waals surface area contributed by atoms with Crippen molar-refractivity contribution in [3.8, 4) is 0 Å². The molecule has 0 saturated carbocycles. The van der Waals surface area contributed by atoms with Crippen LogP contribution < -0.4 is 10.2 Å². The molecule has 2 amide bonds. The molecule has 0 unspecified atom stereocenters. The molecule has 1 aliphatic heterocycles. The predicted octanol–water partition coefficient (Wildman–Crippen LogP) is 3.79. The molecule has 8 heteroatoms. The maximum Gasteiger partial charge on any atom is 0.336 e. The Kier molecular flexibility index (Phi) is 6.25. The molecule has 3 rings (SSSR count). The second-order valence-corrected chi connectivity index (χ2v) is 6.68. The molecule has 2 aromatic rings. The second-order valence-electron chi connectivity index (χ2n) is 6.68. The summed E-state index contributed by atoms with van der Waals surface area (Å²) in [5, 5.41) is 2.58. The lowest BCUT2D eigenvalue weighted by Gasteiger charge is -2.19. The Morgan fingerprint density at radius 1 is 1.03 bits per heavy atom. The lowest BCUT2D eigenvalue weighted by atomic mass is 9.96. The third kappa shape index (κ3) is 4.37. The number of anilines is 2. The van der Waals surface area contributed by atoms with Gasteiger partial charge in [-0.2, -0.15) is 0 Å². The highest BCUT2D eigenvalue weighted by Gasteiger charge is 2.43. The quantitative estimate of drug-likeness (QED) is 0.730. The number of carbonyl (C=O) groups excluding carboxylic acids is 3. The molecular weight excluding hydrogens is 394 g/mol. The molecule has 0 spiro atoms. The van der Waals surface area contributed by atoms with Crippen molar-refractivity contribution in [1.82, 2.24) is 0 Å². The summed E-state index contributed by atoms with van der Waals surface area (Å²) >= 11 is 0. The first kappa shape index (κ1) is 21.2. The highest BCUT2D eigenvalue weighted by atomic mass is 19.1. The van der Waals surface area contributed by atoms with Crippen molar-refractivity contribution in [3.63, 3.8) is 0 Å². The number of rotatable bonds is 6. The van der Waals surface area contributed by atoms with E-state index < -0.39 is 35.3 Å². The van der Waals surface area contributed by atoms with Gasteiger partial charge in [-0.15, -0.1) is 0 Å². The molecule has 0 fully saturated rings. The van der Waals surface area contributed by atoms with Gasteiger partial charge >= 0.3 is 5.97 Å². The van der Waals surface area contributed by atoms with E-state index in [0.29, 0.717) is 17.1 Å². The van der Waals surface area contributed by atoms with Gasteiger partial charge in [0.15, 0.2) is 0 Å². The number of nitrogens with one attached hydrogen (secondary N) is 1. The van der Waals surface area contributed by atoms with Gasteiger partial charge in [-0.25, -0.2) is 13.6 Å². The summed E-state index contributed by atoms with van der Waals surface area (Å²) in [5.74, 6) is -3.67. The Labute approximate surface area is 172 Å². The summed E-state index contributed by atoms with van der Waals surface area (Å²) in [7, 11) is 0. The minimum Gasteiger partial charge on any atom is -0.463 e. The average molecular weight is 414 g/mol. The predicted molar refractivity (Wildman–Crippen MR) is 106 cm³/mol. The lowest BCUT2D eigenvalue weighted by Crippen LogP contribution is -2.31. The molecule has 30 heavy (non-hydrogen) atoms. The third-order valence-corrected chi connectivity index (χ3v) is 4.69. The van der Waals surface area contributed by atoms with Gasteiger partial charge < -0.3 is 10.1 Å². The summed E-state index contributed by atoms with van der Waals surface area (Å²) in [6.45, 7) is 3.32. The zero-order valence-corrected chi connectivity index (χ0v) is 16.4. The van der Waals surface area contributed by atoms with E-state index in [4.69, 9.17) is 4.74 Å². The van der Waals surface area contributed by atoms with Crippen LogP contribution in [0.25, 0.3) is 0 Å². The number of benzene rings is 2. The van der Waals surface area contributed by atoms with Crippen LogP contribution in [-0.2, 0) is 19.1 Å². The lowest BCUT2D eigenvalue weighted by molar-refractivity contribution is -0.140. The van der Waals surface area contributed by atoms with Crippen LogP contribution in [0.15, 0.2) is 59.8 Å². The normalized spacial score (nSPS) is 16.1. The van der Waals surface area contributed by atoms with Gasteiger partial charge in [-0.05, 0) is 62.4 Å². The SMILES string of the molecule is CCOC(=O)C1=C(C)N(c2ccc(F)cc2)C(=O)[C@H]1CC(=O)Nc1ccc(F)cc1. The van der Waals surface area contributed by atoms with Crippen LogP contribution in [0.2, 0.25) is 0 Å². The first-order chi connectivity index (χ1) is 14.3. The first-order valence-electron chi connectivity index (χ1n) is 9.34. The fourth-order valence-corrected chi connectivity index (χ4v) is 3.35. The van der Waals surface area contributed by atoms with Crippen molar-refractivity contribution in [2.24, 2.45) is 5.92 Å². The van der Waals surface area contributed by atoms with Crippen LogP contribution in [0.1, 0.15) is 20.3 Å². The second kappa shape index (κ2) is 8.86. The van der Waals surface area contributed by atoms with Crippen LogP contribution in [0.4, 0.5) is 20.2 Å². The number of hydrogen-bond donors (Lipinski definition) is 1. The van der Waals surface area contributed by atoms with E-state index >= 15 is 0 Å². The molecule has 156 valence electrons. The molecule has 0 saturated heterocycles. The summed E-state index contributed by atoms with van der Waals surface area (Å²) < 4.78 is 31.4. The number of amides is 2. The molecular formula is C22H20F2N2O4. The largest absolute Gasteiger partial charge is 0.463 e. The van der Waals surface area contributed by atoms with Crippen LogP contribution in [-0.4, -0.2) is 24.4 Å². The zero-order valence-electron chi connectivity index (χ0n) is 16.4. The molecule has 1 atom stereocenters. The Bertz CT molecular complexity index is 1000. The molecule has 2 aromatic carbocycles. The maximum absolute atomic E-state index is 13.3. The fraction of sp³-hybridized carbons (Fsp3) is 0.227. The van der Waals surface area contributed by atoms with Crippen molar-refractivity contribution in [3.05, 3.63) is 71.4 Å². The minimum absolute atomic E-state index is 0.0837. The molecule has 6 nitrogen and oxygen atoms in total. The molecule has 0 aliphatic carbocycles. The van der Waals surface area contributed by atoms with E-state index in [2.05, 4.69) is 5.32 Å². The summed E-state index contributed by atoms with van der Waals surface area (Å²) in [6, 6.07) is 10.4. The first-order valence-corrected chi connectivity index (χ1v) is 9.34. The standard InChI is InChI=1S/C22H20F2N2O4/c1-3-30-22(29)20-13(2)26(17-10-6-15(24)7-11-17)21(28)18(20)12-19(27)25-16-8-4-14(23)5-9-16/h4-11,18H,3,12H2,1-2H3,(H,25,27)/t18-/m0/s1. The fourth-order valence-electron chi connectivity index (χ4n) is 3.35. The van der Waals surface area contributed by atoms with Gasteiger partial charge in [0.25, 0.3) is 0 Å². The number of esters is 1. The van der Waals surface area contributed by atoms with Crippen molar-refractivity contribution >= 4 is 29.2 Å². The number of carbonyl (C=O) groups is 3. The highest BCUT2D eigenvalue weighted by Crippen LogP contribution is 2.36. The number of ether oxygens (including phenoxy) is 1. The van der Waals surface area contributed by atoms with Gasteiger partial charge in [0, 0.05) is 23.5 Å². The van der Waals surface area contributed by atoms with E-state index in [1.165, 1.54) is 53.4 Å². The molecule has 1 N–H and O–H groups in total. The van der Waals surface area contributed by atoms with Crippen LogP contribution in [0.5, 0.6) is 0 Å². The van der Waals surface area contributed by atoms with Gasteiger partial charge in [0.1, 0.15) is 11.6 Å². The van der Waals surface area contributed by atoms with Gasteiger partial charge in [-0.1, -0.05) is 0 Å². The molecule has 0 radical (unpaired) electrons. The number of halogens is 2. The number of allylic oxidation sites excluding steroid dienone is 1. The average Bonchev–Trinajstić information content (AvgIpc) is 2.94. The van der Waals surface area contributed by atoms with Crippen molar-refractivity contribution in [2.45, 2.75) is 20.3 Å². The zero-order chi connectivity index (χ0) is 21.8. The van der Waals surface area contributed by atoms with Crippen molar-refractivity contribution < 1.29 is 27.9 Å². The molecule has 1 aliphatic rings. The van der Waals surface area contributed by atoms with E-state index in [0.717, 1.165) is 0 Å². The Morgan fingerprint density at radius 2 is 1.60 bits per heavy atom. The summed E-state index contributed by atoms with van der Waals surface area (Å²) in [5.41, 5.74) is 1.15. The van der Waals surface area contributed by atoms with Gasteiger partial charge in [0.05, 0.1) is 18.1 Å².